The fraction of sp³-hybridized carbons (Fsp3) is 0.516. The Balaban J connectivity index is 2.67. The summed E-state index contributed by atoms with van der Waals surface area (Å²) in [5.41, 5.74) is 8.33. The summed E-state index contributed by atoms with van der Waals surface area (Å²) >= 11 is 0. The van der Waals surface area contributed by atoms with Gasteiger partial charge in [-0.05, 0) is 32.3 Å². The normalized spacial score (nSPS) is 15.9. The second kappa shape index (κ2) is 18.5. The quantitative estimate of drug-likeness (QED) is 0.156. The van der Waals surface area contributed by atoms with E-state index in [9.17, 15) is 29.1 Å². The Bertz CT molecular complexity index is 1150. The summed E-state index contributed by atoms with van der Waals surface area (Å²) in [5.74, 6) is -4.98. The molecule has 238 valence electrons. The molecule has 1 aromatic rings. The number of hydrogen-bond acceptors (Lipinski definition) is 7. The van der Waals surface area contributed by atoms with E-state index in [-0.39, 0.29) is 24.9 Å². The molecule has 0 bridgehead atoms. The molecule has 0 heterocycles. The van der Waals surface area contributed by atoms with Crippen molar-refractivity contribution in [2.24, 2.45) is 17.6 Å². The van der Waals surface area contributed by atoms with Gasteiger partial charge < -0.3 is 36.2 Å². The predicted molar refractivity (Wildman–Crippen MR) is 162 cm³/mol. The summed E-state index contributed by atoms with van der Waals surface area (Å²) in [7, 11) is 3.02. The van der Waals surface area contributed by atoms with Crippen LogP contribution in [0.5, 0.6) is 0 Å². The molecule has 0 saturated carbocycles. The van der Waals surface area contributed by atoms with Gasteiger partial charge in [-0.25, -0.2) is 4.79 Å². The smallest absolute Gasteiger partial charge is 0.326 e. The number of ether oxygens (including phenoxy) is 1. The van der Waals surface area contributed by atoms with Crippen molar-refractivity contribution in [2.75, 3.05) is 20.7 Å². The van der Waals surface area contributed by atoms with Crippen molar-refractivity contribution in [2.45, 2.75) is 71.2 Å². The Labute approximate surface area is 253 Å². The molecule has 0 aromatic heterocycles. The molecular weight excluding hydrogens is 556 g/mol. The molecule has 3 amide bonds. The summed E-state index contributed by atoms with van der Waals surface area (Å²) in [6, 6.07) is 6.89. The highest BCUT2D eigenvalue weighted by Crippen LogP contribution is 2.17. The minimum absolute atomic E-state index is 0.0264. The van der Waals surface area contributed by atoms with Crippen molar-refractivity contribution in [3.05, 3.63) is 59.7 Å². The number of nitrogens with two attached hydrogens (primary N) is 1. The monoisotopic (exact) mass is 602 g/mol. The van der Waals surface area contributed by atoms with Crippen LogP contribution in [-0.4, -0.2) is 89.7 Å². The number of rotatable bonds is 18. The number of hydrogen-bond donors (Lipinski definition) is 5. The molecule has 0 saturated heterocycles. The third-order valence-electron chi connectivity index (χ3n) is 7.08. The van der Waals surface area contributed by atoms with Crippen LogP contribution in [0.2, 0.25) is 0 Å². The predicted octanol–water partition coefficient (Wildman–Crippen LogP) is 1.74. The van der Waals surface area contributed by atoms with Crippen LogP contribution < -0.4 is 16.4 Å². The Morgan fingerprint density at radius 3 is 2.21 bits per heavy atom. The number of benzene rings is 1. The van der Waals surface area contributed by atoms with E-state index in [2.05, 4.69) is 35.8 Å². The minimum atomic E-state index is -1.34. The van der Waals surface area contributed by atoms with Crippen molar-refractivity contribution in [3.63, 3.8) is 0 Å². The van der Waals surface area contributed by atoms with Gasteiger partial charge in [0.1, 0.15) is 12.1 Å². The van der Waals surface area contributed by atoms with Gasteiger partial charge in [0.15, 0.2) is 0 Å². The standard InChI is InChI=1S/C31H46N4O8/c1-19(16-20(2)26(43-6)17-23-10-8-7-9-11-23)12-13-24(32)21(3)29(38)34-25(31(41)42)14-15-28(37)35(5)18-27(36)33-22(4)30(39)40/h7-13,16,20-22,24-26H,14-15,17-18,32H2,1-6H3,(H,33,36)(H,34,38)(H,39,40)(H,41,42)/b13-12+,19-16+/t20-,21-,22+,24-,25+,26-/m0/s1. The number of nitrogens with one attached hydrogen (secondary N) is 2. The van der Waals surface area contributed by atoms with E-state index in [1.54, 1.807) is 20.1 Å². The zero-order chi connectivity index (χ0) is 32.7. The first-order valence-electron chi connectivity index (χ1n) is 14.1. The Kier molecular flexibility index (Phi) is 15.9. The van der Waals surface area contributed by atoms with Crippen molar-refractivity contribution in [1.29, 1.82) is 0 Å². The van der Waals surface area contributed by atoms with Crippen molar-refractivity contribution < 1.29 is 38.9 Å². The maximum atomic E-state index is 12.8. The van der Waals surface area contributed by atoms with Gasteiger partial charge in [-0.2, -0.15) is 0 Å². The maximum absolute atomic E-state index is 12.8. The summed E-state index contributed by atoms with van der Waals surface area (Å²) < 4.78 is 5.70. The Morgan fingerprint density at radius 2 is 1.65 bits per heavy atom. The van der Waals surface area contributed by atoms with Gasteiger partial charge in [0.05, 0.1) is 18.6 Å². The van der Waals surface area contributed by atoms with Crippen LogP contribution in [0.1, 0.15) is 46.1 Å². The number of carboxylic acids is 2. The highest BCUT2D eigenvalue weighted by molar-refractivity contribution is 5.88. The molecule has 12 nitrogen and oxygen atoms in total. The van der Waals surface area contributed by atoms with E-state index < -0.39 is 60.2 Å². The van der Waals surface area contributed by atoms with Crippen LogP contribution in [0, 0.1) is 11.8 Å². The average Bonchev–Trinajstić information content (AvgIpc) is 2.95. The number of methoxy groups -OCH3 is 1. The van der Waals surface area contributed by atoms with Crippen molar-refractivity contribution in [3.8, 4) is 0 Å². The molecule has 1 rings (SSSR count). The molecular formula is C31H46N4O8. The number of likely N-dealkylation sites (N-methyl/N-ethyl adjacent to an activating group) is 1. The van der Waals surface area contributed by atoms with E-state index >= 15 is 0 Å². The number of carboxylic acid groups (broad SMARTS) is 2. The number of aliphatic carboxylic acids is 2. The van der Waals surface area contributed by atoms with E-state index in [1.165, 1.54) is 19.5 Å². The molecule has 6 N–H and O–H groups in total. The van der Waals surface area contributed by atoms with Crippen LogP contribution in [0.4, 0.5) is 0 Å². The Hall–Kier alpha value is -4.03. The molecule has 43 heavy (non-hydrogen) atoms. The van der Waals surface area contributed by atoms with Gasteiger partial charge in [-0.1, -0.05) is 68.0 Å². The van der Waals surface area contributed by atoms with E-state index in [0.29, 0.717) is 0 Å². The third kappa shape index (κ3) is 13.7. The van der Waals surface area contributed by atoms with Crippen molar-refractivity contribution >= 4 is 29.7 Å². The van der Waals surface area contributed by atoms with Gasteiger partial charge in [-0.3, -0.25) is 19.2 Å². The number of amides is 3. The molecule has 0 radical (unpaired) electrons. The number of carbonyl (C=O) groups excluding carboxylic acids is 3. The van der Waals surface area contributed by atoms with Crippen LogP contribution in [0.15, 0.2) is 54.1 Å². The Morgan fingerprint density at radius 1 is 1.02 bits per heavy atom. The van der Waals surface area contributed by atoms with Crippen LogP contribution in [0.3, 0.4) is 0 Å². The maximum Gasteiger partial charge on any atom is 0.326 e. The third-order valence-corrected chi connectivity index (χ3v) is 7.08. The van der Waals surface area contributed by atoms with E-state index in [4.69, 9.17) is 15.6 Å². The topological polar surface area (TPSA) is 188 Å². The molecule has 0 unspecified atom stereocenters. The zero-order valence-electron chi connectivity index (χ0n) is 25.8. The lowest BCUT2D eigenvalue weighted by Gasteiger charge is -2.22. The second-order valence-electron chi connectivity index (χ2n) is 10.8. The van der Waals surface area contributed by atoms with Gasteiger partial charge >= 0.3 is 11.9 Å². The second-order valence-corrected chi connectivity index (χ2v) is 10.8. The minimum Gasteiger partial charge on any atom is -0.480 e. The molecule has 0 spiro atoms. The van der Waals surface area contributed by atoms with Crippen LogP contribution >= 0.6 is 0 Å². The number of nitrogens with zero attached hydrogens (tertiary/aromatic N) is 1. The lowest BCUT2D eigenvalue weighted by Crippen LogP contribution is -2.47. The summed E-state index contributed by atoms with van der Waals surface area (Å²) in [5, 5.41) is 23.1. The first-order chi connectivity index (χ1) is 20.2. The van der Waals surface area contributed by atoms with Gasteiger partial charge in [0, 0.05) is 32.5 Å². The molecule has 0 aliphatic carbocycles. The molecule has 0 aliphatic rings. The number of carbonyl (C=O) groups is 5. The molecule has 6 atom stereocenters. The highest BCUT2D eigenvalue weighted by Gasteiger charge is 2.27. The van der Waals surface area contributed by atoms with Crippen molar-refractivity contribution in [1.82, 2.24) is 15.5 Å². The lowest BCUT2D eigenvalue weighted by molar-refractivity contribution is -0.143. The summed E-state index contributed by atoms with van der Waals surface area (Å²) in [6.45, 7) is 6.46. The van der Waals surface area contributed by atoms with Gasteiger partial charge in [0.2, 0.25) is 17.7 Å². The summed E-state index contributed by atoms with van der Waals surface area (Å²) in [6.07, 6.45) is 5.83. The van der Waals surface area contributed by atoms with Gasteiger partial charge in [-0.15, -0.1) is 0 Å². The largest absolute Gasteiger partial charge is 0.480 e. The van der Waals surface area contributed by atoms with E-state index in [1.807, 2.05) is 31.2 Å². The molecule has 0 fully saturated rings. The zero-order valence-corrected chi connectivity index (χ0v) is 25.8. The molecule has 1 aromatic carbocycles. The first kappa shape index (κ1) is 37.0. The summed E-state index contributed by atoms with van der Waals surface area (Å²) in [4.78, 5) is 60.8. The molecule has 12 heteroatoms. The van der Waals surface area contributed by atoms with Gasteiger partial charge in [0.25, 0.3) is 0 Å². The fourth-order valence-corrected chi connectivity index (χ4v) is 4.18. The first-order valence-corrected chi connectivity index (χ1v) is 14.1. The van der Waals surface area contributed by atoms with Crippen LogP contribution in [0.25, 0.3) is 0 Å². The number of allylic oxidation sites excluding steroid dienone is 2. The van der Waals surface area contributed by atoms with Crippen LogP contribution in [-0.2, 0) is 35.1 Å². The molecule has 0 aliphatic heterocycles. The van der Waals surface area contributed by atoms with E-state index in [0.717, 1.165) is 16.9 Å². The fourth-order valence-electron chi connectivity index (χ4n) is 4.18. The average molecular weight is 603 g/mol. The SMILES string of the molecule is CO[C@@H](Cc1ccccc1)[C@@H](C)/C=C(C)/C=C/[C@H](N)[C@H](C)C(=O)N[C@H](CCC(=O)N(C)CC(=O)N[C@H](C)C(=O)O)C(=O)O. The lowest BCUT2D eigenvalue weighted by atomic mass is 9.95. The highest BCUT2D eigenvalue weighted by atomic mass is 16.5.